The first-order valence-electron chi connectivity index (χ1n) is 7.04. The molecule has 0 aromatic rings. The van der Waals surface area contributed by atoms with Crippen LogP contribution in [0.25, 0.3) is 0 Å². The zero-order chi connectivity index (χ0) is 15.4. The van der Waals surface area contributed by atoms with Crippen molar-refractivity contribution in [3.63, 3.8) is 0 Å². The minimum atomic E-state index is -3.07. The highest BCUT2D eigenvalue weighted by Crippen LogP contribution is 2.23. The number of hydrogen-bond donors (Lipinski definition) is 0. The van der Waals surface area contributed by atoms with Crippen LogP contribution in [0, 0.1) is 0 Å². The third-order valence-electron chi connectivity index (χ3n) is 3.38. The van der Waals surface area contributed by atoms with E-state index in [-0.39, 0.29) is 19.1 Å². The summed E-state index contributed by atoms with van der Waals surface area (Å²) in [6, 6.07) is -0.181. The third-order valence-corrected chi connectivity index (χ3v) is 6.14. The minimum absolute atomic E-state index is 0.165. The molecule has 0 amide bonds. The molecular formula is C13H27F3O3Si. The number of unbranched alkanes of at least 4 members (excludes halogenated alkanes) is 4. The molecule has 0 N–H and O–H groups in total. The van der Waals surface area contributed by atoms with Crippen molar-refractivity contribution in [3.05, 3.63) is 0 Å². The summed E-state index contributed by atoms with van der Waals surface area (Å²) < 4.78 is 54.7. The summed E-state index contributed by atoms with van der Waals surface area (Å²) in [5, 5.41) is 0. The molecule has 0 radical (unpaired) electrons. The first kappa shape index (κ1) is 19.9. The van der Waals surface area contributed by atoms with E-state index in [1.807, 2.05) is 0 Å². The van der Waals surface area contributed by atoms with Gasteiger partial charge in [0.1, 0.15) is 12.3 Å². The normalized spacial score (nSPS) is 15.3. The monoisotopic (exact) mass is 316 g/mol. The molecule has 2 atom stereocenters. The smallest absolute Gasteiger partial charge is 0.377 e. The van der Waals surface area contributed by atoms with Crippen LogP contribution in [-0.2, 0) is 13.3 Å². The van der Waals surface area contributed by atoms with Gasteiger partial charge < -0.3 is 13.3 Å². The van der Waals surface area contributed by atoms with E-state index in [0.29, 0.717) is 12.8 Å². The van der Waals surface area contributed by atoms with Gasteiger partial charge in [-0.05, 0) is 12.8 Å². The summed E-state index contributed by atoms with van der Waals surface area (Å²) in [7, 11) is 1.07. The lowest BCUT2D eigenvalue weighted by molar-refractivity contribution is 0.0950. The van der Waals surface area contributed by atoms with Crippen LogP contribution in [0.2, 0.25) is 6.04 Å². The van der Waals surface area contributed by atoms with Crippen LogP contribution in [0.4, 0.5) is 13.2 Å². The van der Waals surface area contributed by atoms with Crippen LogP contribution in [0.3, 0.4) is 0 Å². The summed E-state index contributed by atoms with van der Waals surface area (Å²) in [5.74, 6) is 0. The largest absolute Gasteiger partial charge is 0.503 e. The molecular weight excluding hydrogens is 289 g/mol. The number of rotatable bonds is 13. The highest BCUT2D eigenvalue weighted by atomic mass is 28.4. The first-order valence-corrected chi connectivity index (χ1v) is 8.98. The van der Waals surface area contributed by atoms with Gasteiger partial charge in [-0.25, -0.2) is 8.78 Å². The van der Waals surface area contributed by atoms with E-state index in [0.717, 1.165) is 19.3 Å². The Bertz CT molecular complexity index is 223. The Kier molecular flexibility index (Phi) is 11.5. The fourth-order valence-corrected chi connectivity index (χ4v) is 3.75. The molecule has 7 heteroatoms. The molecule has 3 nitrogen and oxygen atoms in total. The molecule has 0 saturated heterocycles. The van der Waals surface area contributed by atoms with Crippen molar-refractivity contribution in [2.24, 2.45) is 0 Å². The second-order valence-electron chi connectivity index (χ2n) is 4.78. The maximum absolute atomic E-state index is 13.9. The molecule has 0 bridgehead atoms. The highest BCUT2D eigenvalue weighted by molar-refractivity contribution is 6.60. The van der Waals surface area contributed by atoms with Crippen molar-refractivity contribution in [2.45, 2.75) is 56.9 Å². The Hall–Kier alpha value is -0.113. The van der Waals surface area contributed by atoms with Gasteiger partial charge in [0.05, 0.1) is 12.7 Å². The van der Waals surface area contributed by atoms with Gasteiger partial charge in [-0.1, -0.05) is 25.7 Å². The molecule has 0 aromatic heterocycles. The third kappa shape index (κ3) is 7.61. The van der Waals surface area contributed by atoms with Gasteiger partial charge >= 0.3 is 8.80 Å². The molecule has 0 aliphatic rings. The summed E-state index contributed by atoms with van der Waals surface area (Å²) in [6.45, 7) is -0.309. The van der Waals surface area contributed by atoms with Crippen molar-refractivity contribution in [1.29, 1.82) is 0 Å². The maximum Gasteiger partial charge on any atom is 0.503 e. The molecule has 0 saturated carbocycles. The second kappa shape index (κ2) is 11.5. The van der Waals surface area contributed by atoms with E-state index in [9.17, 15) is 13.2 Å². The minimum Gasteiger partial charge on any atom is -0.377 e. The molecule has 2 unspecified atom stereocenters. The van der Waals surface area contributed by atoms with E-state index in [1.165, 1.54) is 21.3 Å². The van der Waals surface area contributed by atoms with Gasteiger partial charge in [-0.2, -0.15) is 0 Å². The molecule has 0 fully saturated rings. The average molecular weight is 316 g/mol. The Morgan fingerprint density at radius 1 is 0.800 bits per heavy atom. The van der Waals surface area contributed by atoms with Crippen LogP contribution in [0.5, 0.6) is 0 Å². The quantitative estimate of drug-likeness (QED) is 0.381. The summed E-state index contributed by atoms with van der Waals surface area (Å²) in [5.41, 5.74) is 0. The standard InChI is InChI=1S/C13H27F3O3Si/c1-17-20(18-2,19-3)11-13(16)12(15)9-7-5-4-6-8-10-14/h12-13H,4-11H2,1-3H3. The van der Waals surface area contributed by atoms with Crippen molar-refractivity contribution in [2.75, 3.05) is 28.0 Å². The summed E-state index contributed by atoms with van der Waals surface area (Å²) in [4.78, 5) is 0. The zero-order valence-corrected chi connectivity index (χ0v) is 13.7. The predicted octanol–water partition coefficient (Wildman–Crippen LogP) is 3.85. The molecule has 0 heterocycles. The van der Waals surface area contributed by atoms with Crippen LogP contribution < -0.4 is 0 Å². The van der Waals surface area contributed by atoms with Crippen molar-refractivity contribution in [1.82, 2.24) is 0 Å². The predicted molar refractivity (Wildman–Crippen MR) is 75.1 cm³/mol. The van der Waals surface area contributed by atoms with Gasteiger partial charge in [0.15, 0.2) is 0 Å². The van der Waals surface area contributed by atoms with Crippen molar-refractivity contribution >= 4 is 8.80 Å². The van der Waals surface area contributed by atoms with Crippen LogP contribution in [0.1, 0.15) is 38.5 Å². The van der Waals surface area contributed by atoms with E-state index in [1.54, 1.807) is 0 Å². The molecule has 122 valence electrons. The average Bonchev–Trinajstić information content (AvgIpc) is 2.48. The maximum atomic E-state index is 13.9. The zero-order valence-electron chi connectivity index (χ0n) is 12.7. The molecule has 20 heavy (non-hydrogen) atoms. The van der Waals surface area contributed by atoms with Crippen molar-refractivity contribution < 1.29 is 26.4 Å². The van der Waals surface area contributed by atoms with Gasteiger partial charge in [0.2, 0.25) is 0 Å². The lowest BCUT2D eigenvalue weighted by atomic mass is 10.1. The Morgan fingerprint density at radius 3 is 1.80 bits per heavy atom. The fourth-order valence-electron chi connectivity index (χ4n) is 2.01. The first-order chi connectivity index (χ1) is 9.55. The number of hydrogen-bond acceptors (Lipinski definition) is 3. The lowest BCUT2D eigenvalue weighted by Gasteiger charge is -2.26. The molecule has 0 aliphatic carbocycles. The van der Waals surface area contributed by atoms with Gasteiger partial charge in [0.25, 0.3) is 0 Å². The SMILES string of the molecule is CO[Si](CC(F)C(F)CCCCCCCF)(OC)OC. The Morgan fingerprint density at radius 2 is 1.30 bits per heavy atom. The van der Waals surface area contributed by atoms with Crippen molar-refractivity contribution in [3.8, 4) is 0 Å². The summed E-state index contributed by atoms with van der Waals surface area (Å²) in [6.07, 6.45) is 0.604. The fraction of sp³-hybridized carbons (Fsp3) is 1.00. The molecule has 0 aromatic carbocycles. The van der Waals surface area contributed by atoms with Gasteiger partial charge in [0, 0.05) is 21.3 Å². The van der Waals surface area contributed by atoms with Crippen LogP contribution in [0.15, 0.2) is 0 Å². The lowest BCUT2D eigenvalue weighted by Crippen LogP contribution is -2.46. The van der Waals surface area contributed by atoms with Gasteiger partial charge in [-0.15, -0.1) is 0 Å². The van der Waals surface area contributed by atoms with E-state index in [4.69, 9.17) is 13.3 Å². The van der Waals surface area contributed by atoms with E-state index < -0.39 is 21.1 Å². The Balaban J connectivity index is 3.93. The second-order valence-corrected chi connectivity index (χ2v) is 7.78. The molecule has 0 aliphatic heterocycles. The molecule has 0 rings (SSSR count). The topological polar surface area (TPSA) is 27.7 Å². The van der Waals surface area contributed by atoms with Crippen LogP contribution in [-0.4, -0.2) is 49.2 Å². The van der Waals surface area contributed by atoms with Crippen LogP contribution >= 0.6 is 0 Å². The van der Waals surface area contributed by atoms with Gasteiger partial charge in [-0.3, -0.25) is 4.39 Å². The summed E-state index contributed by atoms with van der Waals surface area (Å²) >= 11 is 0. The number of alkyl halides is 3. The highest BCUT2D eigenvalue weighted by Gasteiger charge is 2.43. The van der Waals surface area contributed by atoms with E-state index in [2.05, 4.69) is 0 Å². The Labute approximate surface area is 121 Å². The van der Waals surface area contributed by atoms with E-state index >= 15 is 0 Å². The molecule has 0 spiro atoms. The number of halogens is 3.